The average molecular weight is 515 g/mol. The van der Waals surface area contributed by atoms with Gasteiger partial charge in [-0.3, -0.25) is 19.7 Å². The molecule has 0 radical (unpaired) electrons. The Morgan fingerprint density at radius 3 is 2.47 bits per heavy atom. The monoisotopic (exact) mass is 514 g/mol. The van der Waals surface area contributed by atoms with E-state index in [1.165, 1.54) is 48.2 Å². The minimum Gasteiger partial charge on any atom is -0.342 e. The van der Waals surface area contributed by atoms with E-state index in [2.05, 4.69) is 20.8 Å². The third-order valence-electron chi connectivity index (χ3n) is 5.44. The average Bonchev–Trinajstić information content (AvgIpc) is 3.25. The molecule has 0 saturated heterocycles. The number of nitrogens with one attached hydrogen (secondary N) is 2. The zero-order chi connectivity index (χ0) is 26.4. The number of carbonyl (C=O) groups is 2. The molecule has 0 unspecified atom stereocenters. The fraction of sp³-hybridized carbons (Fsp3) is 0.333. The van der Waals surface area contributed by atoms with Gasteiger partial charge in [-0.2, -0.15) is 0 Å². The smallest absolute Gasteiger partial charge is 0.271 e. The number of amides is 2. The summed E-state index contributed by atoms with van der Waals surface area (Å²) < 4.78 is 15.0. The van der Waals surface area contributed by atoms with Crippen molar-refractivity contribution in [3.05, 3.63) is 75.3 Å². The number of rotatable bonds is 10. The highest BCUT2D eigenvalue weighted by Crippen LogP contribution is 2.26. The topological polar surface area (TPSA) is 132 Å². The SMILES string of the molecule is CCn1c(SCC(=O)Nc2cc([N+](=O)[O-])ccc2C)nnc1[C@H](NC(=O)c1ccc(F)cc1)C(C)C. The van der Waals surface area contributed by atoms with Gasteiger partial charge in [0.05, 0.1) is 22.4 Å². The number of carbonyl (C=O) groups excluding carboxylic acids is 2. The zero-order valence-electron chi connectivity index (χ0n) is 20.3. The Kier molecular flexibility index (Phi) is 8.75. The van der Waals surface area contributed by atoms with Gasteiger partial charge < -0.3 is 15.2 Å². The maximum atomic E-state index is 13.2. The van der Waals surface area contributed by atoms with Crippen LogP contribution in [0.15, 0.2) is 47.6 Å². The summed E-state index contributed by atoms with van der Waals surface area (Å²) in [7, 11) is 0. The zero-order valence-corrected chi connectivity index (χ0v) is 21.1. The van der Waals surface area contributed by atoms with E-state index in [0.717, 1.165) is 0 Å². The molecule has 1 heterocycles. The molecule has 3 rings (SSSR count). The third kappa shape index (κ3) is 6.45. The van der Waals surface area contributed by atoms with Crippen molar-refractivity contribution in [3.63, 3.8) is 0 Å². The Labute approximate surface area is 211 Å². The normalized spacial score (nSPS) is 11.8. The van der Waals surface area contributed by atoms with Gasteiger partial charge >= 0.3 is 0 Å². The van der Waals surface area contributed by atoms with Crippen LogP contribution in [-0.4, -0.2) is 37.3 Å². The second-order valence-corrected chi connectivity index (χ2v) is 9.32. The number of anilines is 1. The third-order valence-corrected chi connectivity index (χ3v) is 6.40. The highest BCUT2D eigenvalue weighted by molar-refractivity contribution is 7.99. The summed E-state index contributed by atoms with van der Waals surface area (Å²) in [6.07, 6.45) is 0. The van der Waals surface area contributed by atoms with Gasteiger partial charge in [0.2, 0.25) is 5.91 Å². The molecule has 36 heavy (non-hydrogen) atoms. The molecule has 2 amide bonds. The van der Waals surface area contributed by atoms with Crippen molar-refractivity contribution < 1.29 is 18.9 Å². The number of thioether (sulfide) groups is 1. The lowest BCUT2D eigenvalue weighted by atomic mass is 10.0. The predicted octanol–water partition coefficient (Wildman–Crippen LogP) is 4.51. The van der Waals surface area contributed by atoms with Crippen molar-refractivity contribution in [2.75, 3.05) is 11.1 Å². The van der Waals surface area contributed by atoms with E-state index in [1.807, 2.05) is 25.3 Å². The number of nitrogens with zero attached hydrogens (tertiary/aromatic N) is 4. The molecule has 0 aliphatic carbocycles. The van der Waals surface area contributed by atoms with Gasteiger partial charge in [0, 0.05) is 24.2 Å². The van der Waals surface area contributed by atoms with Gasteiger partial charge in [-0.15, -0.1) is 10.2 Å². The van der Waals surface area contributed by atoms with E-state index in [-0.39, 0.29) is 29.2 Å². The first kappa shape index (κ1) is 26.8. The van der Waals surface area contributed by atoms with Crippen LogP contribution in [-0.2, 0) is 11.3 Å². The number of aromatic nitrogens is 3. The Morgan fingerprint density at radius 1 is 1.17 bits per heavy atom. The number of benzene rings is 2. The van der Waals surface area contributed by atoms with Gasteiger partial charge in [0.15, 0.2) is 11.0 Å². The number of non-ortho nitro benzene ring substituents is 1. The maximum Gasteiger partial charge on any atom is 0.271 e. The van der Waals surface area contributed by atoms with Crippen LogP contribution in [0.1, 0.15) is 48.6 Å². The van der Waals surface area contributed by atoms with Crippen LogP contribution >= 0.6 is 11.8 Å². The summed E-state index contributed by atoms with van der Waals surface area (Å²) in [4.78, 5) is 35.8. The number of nitro benzene ring substituents is 1. The molecule has 0 fully saturated rings. The van der Waals surface area contributed by atoms with Gasteiger partial charge in [-0.1, -0.05) is 31.7 Å². The van der Waals surface area contributed by atoms with E-state index < -0.39 is 16.8 Å². The van der Waals surface area contributed by atoms with E-state index in [4.69, 9.17) is 0 Å². The quantitative estimate of drug-likeness (QED) is 0.231. The first-order chi connectivity index (χ1) is 17.1. The van der Waals surface area contributed by atoms with Gasteiger partial charge in [-0.05, 0) is 49.6 Å². The molecular weight excluding hydrogens is 487 g/mol. The lowest BCUT2D eigenvalue weighted by Crippen LogP contribution is -2.33. The summed E-state index contributed by atoms with van der Waals surface area (Å²) >= 11 is 1.17. The molecule has 10 nitrogen and oxygen atoms in total. The molecule has 190 valence electrons. The van der Waals surface area contributed by atoms with Crippen LogP contribution in [0.2, 0.25) is 0 Å². The number of hydrogen-bond donors (Lipinski definition) is 2. The van der Waals surface area contributed by atoms with Crippen molar-refractivity contribution >= 4 is 35.0 Å². The number of nitro groups is 1. The minimum atomic E-state index is -0.519. The Bertz CT molecular complexity index is 1260. The number of halogens is 1. The molecule has 1 aromatic heterocycles. The van der Waals surface area contributed by atoms with Crippen molar-refractivity contribution in [1.82, 2.24) is 20.1 Å². The lowest BCUT2D eigenvalue weighted by molar-refractivity contribution is -0.384. The van der Waals surface area contributed by atoms with Crippen LogP contribution in [0, 0.1) is 28.8 Å². The second-order valence-electron chi connectivity index (χ2n) is 8.38. The summed E-state index contributed by atoms with van der Waals surface area (Å²) in [5.41, 5.74) is 1.29. The highest BCUT2D eigenvalue weighted by Gasteiger charge is 2.26. The van der Waals surface area contributed by atoms with Crippen molar-refractivity contribution in [1.29, 1.82) is 0 Å². The number of aryl methyl sites for hydroxylation is 1. The molecule has 0 spiro atoms. The molecular formula is C24H27FN6O4S. The fourth-order valence-corrected chi connectivity index (χ4v) is 4.27. The summed E-state index contributed by atoms with van der Waals surface area (Å²) in [6, 6.07) is 9.09. The standard InChI is InChI=1S/C24H27FN6O4S/c1-5-30-22(21(14(2)3)27-23(33)16-7-9-17(25)10-8-16)28-29-24(30)36-13-20(32)26-19-12-18(31(34)35)11-6-15(19)4/h6-12,14,21H,5,13H2,1-4H3,(H,26,32)(H,27,33)/t21-/m1/s1. The van der Waals surface area contributed by atoms with E-state index in [1.54, 1.807) is 13.0 Å². The van der Waals surface area contributed by atoms with Crippen LogP contribution in [0.5, 0.6) is 0 Å². The lowest BCUT2D eigenvalue weighted by Gasteiger charge is -2.22. The number of hydrogen-bond acceptors (Lipinski definition) is 7. The molecule has 2 aromatic carbocycles. The van der Waals surface area contributed by atoms with E-state index >= 15 is 0 Å². The molecule has 1 atom stereocenters. The largest absolute Gasteiger partial charge is 0.342 e. The van der Waals surface area contributed by atoms with Crippen molar-refractivity contribution in [2.45, 2.75) is 45.4 Å². The second kappa shape index (κ2) is 11.8. The Morgan fingerprint density at radius 2 is 1.86 bits per heavy atom. The van der Waals surface area contributed by atoms with Gasteiger partial charge in [-0.25, -0.2) is 4.39 Å². The molecule has 12 heteroatoms. The fourth-order valence-electron chi connectivity index (χ4n) is 3.46. The first-order valence-electron chi connectivity index (χ1n) is 11.3. The van der Waals surface area contributed by atoms with Crippen LogP contribution in [0.25, 0.3) is 0 Å². The van der Waals surface area contributed by atoms with Crippen molar-refractivity contribution in [2.24, 2.45) is 5.92 Å². The molecule has 0 aliphatic rings. The van der Waals surface area contributed by atoms with Crippen LogP contribution in [0.3, 0.4) is 0 Å². The van der Waals surface area contributed by atoms with E-state index in [9.17, 15) is 24.1 Å². The Hall–Kier alpha value is -3.80. The van der Waals surface area contributed by atoms with Gasteiger partial charge in [0.1, 0.15) is 5.82 Å². The van der Waals surface area contributed by atoms with Crippen LogP contribution < -0.4 is 10.6 Å². The molecule has 3 aromatic rings. The molecule has 0 saturated carbocycles. The van der Waals surface area contributed by atoms with Crippen molar-refractivity contribution in [3.8, 4) is 0 Å². The molecule has 0 aliphatic heterocycles. The highest BCUT2D eigenvalue weighted by atomic mass is 32.2. The Balaban J connectivity index is 1.72. The minimum absolute atomic E-state index is 0.00848. The molecule has 2 N–H and O–H groups in total. The molecule has 0 bridgehead atoms. The van der Waals surface area contributed by atoms with Gasteiger partial charge in [0.25, 0.3) is 11.6 Å². The first-order valence-corrected chi connectivity index (χ1v) is 12.3. The summed E-state index contributed by atoms with van der Waals surface area (Å²) in [5, 5.41) is 25.7. The maximum absolute atomic E-state index is 13.2. The van der Waals surface area contributed by atoms with Crippen LogP contribution in [0.4, 0.5) is 15.8 Å². The summed E-state index contributed by atoms with van der Waals surface area (Å²) in [6.45, 7) is 8.03. The van der Waals surface area contributed by atoms with E-state index in [0.29, 0.717) is 34.3 Å². The summed E-state index contributed by atoms with van der Waals surface area (Å²) in [5.74, 6) is -0.610. The predicted molar refractivity (Wildman–Crippen MR) is 134 cm³/mol.